The third-order valence-electron chi connectivity index (χ3n) is 4.55. The molecular weight excluding hydrogens is 269 g/mol. The van der Waals surface area contributed by atoms with Gasteiger partial charge in [-0.25, -0.2) is 4.79 Å². The van der Waals surface area contributed by atoms with Crippen LogP contribution in [0.25, 0.3) is 11.2 Å². The average Bonchev–Trinajstić information content (AvgIpc) is 3.34. The summed E-state index contributed by atoms with van der Waals surface area (Å²) in [5.41, 5.74) is 6.22. The molecule has 4 rings (SSSR count). The summed E-state index contributed by atoms with van der Waals surface area (Å²) in [6, 6.07) is 0. The van der Waals surface area contributed by atoms with Crippen LogP contribution >= 0.6 is 0 Å². The molecule has 0 radical (unpaired) electrons. The molecule has 0 unspecified atom stereocenters. The van der Waals surface area contributed by atoms with Crippen molar-refractivity contribution in [2.45, 2.75) is 38.8 Å². The fourth-order valence-corrected chi connectivity index (χ4v) is 2.82. The molecule has 2 aromatic heterocycles. The molecule has 2 heterocycles. The SMILES string of the molecule is Bn1c(N)nc2c1c(=O)n(CC1CC1)c(=O)n2CC1CC1. The van der Waals surface area contributed by atoms with Crippen LogP contribution in [-0.2, 0) is 13.1 Å². The smallest absolute Gasteiger partial charge is 0.332 e. The lowest BCUT2D eigenvalue weighted by Crippen LogP contribution is -2.41. The van der Waals surface area contributed by atoms with Gasteiger partial charge in [-0.2, -0.15) is 4.98 Å². The molecule has 0 atom stereocenters. The summed E-state index contributed by atoms with van der Waals surface area (Å²) in [6.07, 6.45) is 4.47. The zero-order valence-electron chi connectivity index (χ0n) is 12.1. The van der Waals surface area contributed by atoms with Crippen molar-refractivity contribution in [3.8, 4) is 0 Å². The highest BCUT2D eigenvalue weighted by molar-refractivity contribution is 6.12. The van der Waals surface area contributed by atoms with Gasteiger partial charge < -0.3 is 10.2 Å². The zero-order chi connectivity index (χ0) is 14.7. The van der Waals surface area contributed by atoms with Gasteiger partial charge >= 0.3 is 5.69 Å². The van der Waals surface area contributed by atoms with Crippen LogP contribution < -0.4 is 17.0 Å². The maximum atomic E-state index is 12.7. The lowest BCUT2D eigenvalue weighted by Gasteiger charge is -2.11. The predicted octanol–water partition coefficient (Wildman–Crippen LogP) is -0.842. The van der Waals surface area contributed by atoms with Gasteiger partial charge in [-0.1, -0.05) is 0 Å². The Morgan fingerprint density at radius 3 is 2.24 bits per heavy atom. The van der Waals surface area contributed by atoms with Crippen LogP contribution in [0, 0.1) is 11.8 Å². The Bertz CT molecular complexity index is 841. The van der Waals surface area contributed by atoms with Crippen LogP contribution in [-0.4, -0.2) is 26.6 Å². The second-order valence-corrected chi connectivity index (χ2v) is 6.40. The van der Waals surface area contributed by atoms with Crippen molar-refractivity contribution in [3.05, 3.63) is 20.8 Å². The first-order chi connectivity index (χ1) is 10.1. The summed E-state index contributed by atoms with van der Waals surface area (Å²) < 4.78 is 4.61. The van der Waals surface area contributed by atoms with Gasteiger partial charge in [-0.05, 0) is 37.5 Å². The van der Waals surface area contributed by atoms with Crippen molar-refractivity contribution in [1.82, 2.24) is 18.6 Å². The first kappa shape index (κ1) is 12.7. The molecule has 2 saturated carbocycles. The van der Waals surface area contributed by atoms with Crippen LogP contribution in [0.4, 0.5) is 5.95 Å². The van der Waals surface area contributed by atoms with Crippen molar-refractivity contribution in [2.24, 2.45) is 11.8 Å². The molecule has 2 aliphatic rings. The largest absolute Gasteiger partial charge is 0.370 e. The number of aromatic nitrogens is 4. The number of hydrogen-bond donors (Lipinski definition) is 1. The number of fused-ring (bicyclic) bond motifs is 1. The predicted molar refractivity (Wildman–Crippen MR) is 82.1 cm³/mol. The minimum Gasteiger partial charge on any atom is -0.370 e. The lowest BCUT2D eigenvalue weighted by molar-refractivity contribution is 0.520. The van der Waals surface area contributed by atoms with E-state index in [0.717, 1.165) is 25.7 Å². The van der Waals surface area contributed by atoms with E-state index in [9.17, 15) is 9.59 Å². The molecule has 0 bridgehead atoms. The van der Waals surface area contributed by atoms with Crippen LogP contribution in [0.15, 0.2) is 9.59 Å². The molecule has 2 fully saturated rings. The number of hydrogen-bond acceptors (Lipinski definition) is 4. The van der Waals surface area contributed by atoms with E-state index in [1.165, 1.54) is 4.57 Å². The Morgan fingerprint density at radius 2 is 1.67 bits per heavy atom. The monoisotopic (exact) mass is 287 g/mol. The van der Waals surface area contributed by atoms with Crippen molar-refractivity contribution in [2.75, 3.05) is 5.73 Å². The molecular formula is C13H18BN5O2. The molecule has 0 amide bonds. The summed E-state index contributed by atoms with van der Waals surface area (Å²) >= 11 is 0. The Hall–Kier alpha value is -1.99. The van der Waals surface area contributed by atoms with Crippen molar-refractivity contribution in [3.63, 3.8) is 0 Å². The maximum absolute atomic E-state index is 12.7. The number of nitrogens with zero attached hydrogens (tertiary/aromatic N) is 4. The highest BCUT2D eigenvalue weighted by atomic mass is 16.2. The third-order valence-corrected chi connectivity index (χ3v) is 4.55. The topological polar surface area (TPSA) is 87.8 Å². The average molecular weight is 287 g/mol. The standard InChI is InChI=1S/C13H18BN5O2/c14-19-9-10(16-12(19)15)17(5-7-1-2-7)13(21)18(11(9)20)6-8-3-4-8/h7-8H,1-6,14H2,(H2,15,16). The van der Waals surface area contributed by atoms with E-state index in [0.29, 0.717) is 36.1 Å². The van der Waals surface area contributed by atoms with E-state index in [1.807, 2.05) is 0 Å². The molecule has 2 aromatic rings. The summed E-state index contributed by atoms with van der Waals surface area (Å²) in [4.78, 5) is 29.6. The van der Waals surface area contributed by atoms with E-state index in [2.05, 4.69) is 4.98 Å². The Balaban J connectivity index is 2.00. The summed E-state index contributed by atoms with van der Waals surface area (Å²) in [5, 5.41) is 0. The van der Waals surface area contributed by atoms with Crippen LogP contribution in [0.3, 0.4) is 0 Å². The number of imidazole rings is 1. The van der Waals surface area contributed by atoms with Gasteiger partial charge in [0.05, 0.1) is 0 Å². The molecule has 0 saturated heterocycles. The van der Waals surface area contributed by atoms with Crippen molar-refractivity contribution in [1.29, 1.82) is 0 Å². The molecule has 0 aliphatic heterocycles. The minimum atomic E-state index is -0.263. The van der Waals surface area contributed by atoms with Gasteiger partial charge in [0.2, 0.25) is 7.98 Å². The fraction of sp³-hybridized carbons (Fsp3) is 0.615. The quantitative estimate of drug-likeness (QED) is 0.743. The molecule has 0 spiro atoms. The fourth-order valence-electron chi connectivity index (χ4n) is 2.82. The van der Waals surface area contributed by atoms with Crippen LogP contribution in [0.5, 0.6) is 0 Å². The highest BCUT2D eigenvalue weighted by Crippen LogP contribution is 2.31. The maximum Gasteiger partial charge on any atom is 0.332 e. The molecule has 2 aliphatic carbocycles. The van der Waals surface area contributed by atoms with Gasteiger partial charge in [0.15, 0.2) is 11.6 Å². The third kappa shape index (κ3) is 2.00. The summed E-state index contributed by atoms with van der Waals surface area (Å²) in [7, 11) is 1.72. The molecule has 2 N–H and O–H groups in total. The number of nitrogen functional groups attached to an aromatic ring is 1. The lowest BCUT2D eigenvalue weighted by atomic mass is 10.3. The van der Waals surface area contributed by atoms with E-state index in [-0.39, 0.29) is 17.2 Å². The Kier molecular flexibility index (Phi) is 2.58. The van der Waals surface area contributed by atoms with Crippen LogP contribution in [0.1, 0.15) is 25.7 Å². The number of rotatable bonds is 4. The first-order valence-electron chi connectivity index (χ1n) is 7.51. The second kappa shape index (κ2) is 4.25. The van der Waals surface area contributed by atoms with Gasteiger partial charge in [-0.3, -0.25) is 13.9 Å². The zero-order valence-corrected chi connectivity index (χ0v) is 12.1. The minimum absolute atomic E-state index is 0.232. The van der Waals surface area contributed by atoms with Gasteiger partial charge in [0, 0.05) is 13.1 Å². The Morgan fingerprint density at radius 1 is 1.10 bits per heavy atom. The van der Waals surface area contributed by atoms with E-state index in [1.54, 1.807) is 17.0 Å². The molecule has 0 aromatic carbocycles. The number of nitrogens with two attached hydrogens (primary N) is 1. The van der Waals surface area contributed by atoms with Crippen molar-refractivity contribution < 1.29 is 0 Å². The highest BCUT2D eigenvalue weighted by Gasteiger charge is 2.28. The van der Waals surface area contributed by atoms with Crippen LogP contribution in [0.2, 0.25) is 0 Å². The number of anilines is 1. The second-order valence-electron chi connectivity index (χ2n) is 6.40. The Labute approximate surface area is 121 Å². The van der Waals surface area contributed by atoms with E-state index >= 15 is 0 Å². The van der Waals surface area contributed by atoms with Gasteiger partial charge in [0.25, 0.3) is 5.56 Å². The summed E-state index contributed by atoms with van der Waals surface area (Å²) in [6.45, 7) is 1.15. The molecule has 21 heavy (non-hydrogen) atoms. The normalized spacial score (nSPS) is 18.5. The summed E-state index contributed by atoms with van der Waals surface area (Å²) in [5.74, 6) is 1.27. The first-order valence-corrected chi connectivity index (χ1v) is 7.51. The molecule has 8 heteroatoms. The molecule has 7 nitrogen and oxygen atoms in total. The van der Waals surface area contributed by atoms with Crippen molar-refractivity contribution >= 4 is 25.1 Å². The molecule has 110 valence electrons. The van der Waals surface area contributed by atoms with E-state index < -0.39 is 0 Å². The van der Waals surface area contributed by atoms with E-state index in [4.69, 9.17) is 5.73 Å². The van der Waals surface area contributed by atoms with Gasteiger partial charge in [0.1, 0.15) is 5.52 Å². The van der Waals surface area contributed by atoms with Gasteiger partial charge in [-0.15, -0.1) is 0 Å².